The third-order valence-corrected chi connectivity index (χ3v) is 5.49. The van der Waals surface area contributed by atoms with Gasteiger partial charge >= 0.3 is 0 Å². The Labute approximate surface area is 119 Å². The van der Waals surface area contributed by atoms with E-state index < -0.39 is 16.1 Å². The lowest BCUT2D eigenvalue weighted by molar-refractivity contribution is -0.125. The molecule has 1 atom stereocenters. The fourth-order valence-electron chi connectivity index (χ4n) is 2.46. The van der Waals surface area contributed by atoms with Gasteiger partial charge in [0.2, 0.25) is 15.9 Å². The van der Waals surface area contributed by atoms with Gasteiger partial charge < -0.3 is 11.1 Å². The van der Waals surface area contributed by atoms with Crippen molar-refractivity contribution < 1.29 is 13.2 Å². The van der Waals surface area contributed by atoms with Crippen LogP contribution in [0, 0.1) is 0 Å². The number of nitrogens with one attached hydrogen (secondary N) is 1. The van der Waals surface area contributed by atoms with Gasteiger partial charge in [-0.25, -0.2) is 8.42 Å². The number of rotatable bonds is 3. The van der Waals surface area contributed by atoms with E-state index in [2.05, 4.69) is 5.32 Å². The van der Waals surface area contributed by atoms with Crippen molar-refractivity contribution in [1.82, 2.24) is 9.62 Å². The molecule has 1 aliphatic heterocycles. The van der Waals surface area contributed by atoms with Crippen molar-refractivity contribution in [2.24, 2.45) is 0 Å². The molecule has 2 rings (SSSR count). The normalized spacial score (nSPS) is 20.6. The van der Waals surface area contributed by atoms with Gasteiger partial charge in [-0.15, -0.1) is 0 Å². The molecule has 20 heavy (non-hydrogen) atoms. The maximum atomic E-state index is 12.7. The van der Waals surface area contributed by atoms with Gasteiger partial charge in [0.05, 0.1) is 5.69 Å². The number of likely N-dealkylation sites (N-methyl/N-ethyl adjacent to an activating group) is 1. The molecule has 1 heterocycles. The average molecular weight is 297 g/mol. The predicted molar refractivity (Wildman–Crippen MR) is 76.5 cm³/mol. The molecule has 1 unspecified atom stereocenters. The highest BCUT2D eigenvalue weighted by molar-refractivity contribution is 7.89. The van der Waals surface area contributed by atoms with Crippen LogP contribution in [0.4, 0.5) is 5.69 Å². The lowest BCUT2D eigenvalue weighted by Crippen LogP contribution is -2.51. The molecule has 0 saturated carbocycles. The number of benzene rings is 1. The van der Waals surface area contributed by atoms with Crippen molar-refractivity contribution >= 4 is 21.6 Å². The van der Waals surface area contributed by atoms with Crippen LogP contribution in [-0.4, -0.2) is 38.3 Å². The summed E-state index contributed by atoms with van der Waals surface area (Å²) in [5, 5.41) is 2.53. The number of sulfonamides is 1. The number of hydrogen-bond acceptors (Lipinski definition) is 4. The lowest BCUT2D eigenvalue weighted by Gasteiger charge is -2.33. The first-order valence-corrected chi connectivity index (χ1v) is 8.00. The van der Waals surface area contributed by atoms with E-state index in [1.807, 2.05) is 0 Å². The monoisotopic (exact) mass is 297 g/mol. The van der Waals surface area contributed by atoms with Crippen molar-refractivity contribution in [3.63, 3.8) is 0 Å². The summed E-state index contributed by atoms with van der Waals surface area (Å²) in [6.07, 6.45) is 2.12. The third kappa shape index (κ3) is 2.64. The quantitative estimate of drug-likeness (QED) is 0.797. The summed E-state index contributed by atoms with van der Waals surface area (Å²) in [6.45, 7) is 0.342. The first-order valence-electron chi connectivity index (χ1n) is 6.56. The molecule has 0 radical (unpaired) electrons. The van der Waals surface area contributed by atoms with Crippen LogP contribution in [0.25, 0.3) is 0 Å². The number of carbonyl (C=O) groups excluding carboxylic acids is 1. The average Bonchev–Trinajstić information content (AvgIpc) is 2.46. The lowest BCUT2D eigenvalue weighted by atomic mass is 10.0. The van der Waals surface area contributed by atoms with E-state index in [0.29, 0.717) is 13.0 Å². The van der Waals surface area contributed by atoms with Gasteiger partial charge in [0.15, 0.2) is 0 Å². The van der Waals surface area contributed by atoms with Crippen molar-refractivity contribution in [3.05, 3.63) is 24.3 Å². The zero-order valence-corrected chi connectivity index (χ0v) is 12.2. The van der Waals surface area contributed by atoms with E-state index in [9.17, 15) is 13.2 Å². The smallest absolute Gasteiger partial charge is 0.245 e. The Morgan fingerprint density at radius 3 is 2.70 bits per heavy atom. The van der Waals surface area contributed by atoms with Crippen LogP contribution in [0.2, 0.25) is 0 Å². The molecule has 110 valence electrons. The molecule has 1 aromatic carbocycles. The highest BCUT2D eigenvalue weighted by Crippen LogP contribution is 2.28. The molecule has 3 N–H and O–H groups in total. The van der Waals surface area contributed by atoms with Crippen LogP contribution >= 0.6 is 0 Å². The van der Waals surface area contributed by atoms with Gasteiger partial charge in [0.25, 0.3) is 0 Å². The fraction of sp³-hybridized carbons (Fsp3) is 0.462. The van der Waals surface area contributed by atoms with E-state index in [4.69, 9.17) is 5.73 Å². The van der Waals surface area contributed by atoms with Crippen molar-refractivity contribution in [2.75, 3.05) is 19.3 Å². The molecule has 0 spiro atoms. The van der Waals surface area contributed by atoms with Crippen molar-refractivity contribution in [1.29, 1.82) is 0 Å². The molecule has 0 aromatic heterocycles. The summed E-state index contributed by atoms with van der Waals surface area (Å²) in [6, 6.07) is 5.67. The van der Waals surface area contributed by atoms with Crippen LogP contribution in [-0.2, 0) is 14.8 Å². The zero-order valence-electron chi connectivity index (χ0n) is 11.4. The first-order chi connectivity index (χ1) is 9.48. The van der Waals surface area contributed by atoms with Crippen LogP contribution in [0.3, 0.4) is 0 Å². The van der Waals surface area contributed by atoms with E-state index in [0.717, 1.165) is 12.8 Å². The Bertz CT molecular complexity index is 601. The number of piperidine rings is 1. The molecule has 1 aliphatic rings. The summed E-state index contributed by atoms with van der Waals surface area (Å²) < 4.78 is 26.7. The minimum absolute atomic E-state index is 0.0656. The van der Waals surface area contributed by atoms with Crippen LogP contribution in [0.1, 0.15) is 19.3 Å². The maximum absolute atomic E-state index is 12.7. The Kier molecular flexibility index (Phi) is 4.29. The molecular formula is C13H19N3O3S. The molecular weight excluding hydrogens is 278 g/mol. The minimum Gasteiger partial charge on any atom is -0.398 e. The van der Waals surface area contributed by atoms with E-state index in [1.165, 1.54) is 17.4 Å². The molecule has 1 aromatic rings. The first kappa shape index (κ1) is 14.8. The summed E-state index contributed by atoms with van der Waals surface area (Å²) >= 11 is 0. The Hall–Kier alpha value is -1.60. The van der Waals surface area contributed by atoms with E-state index in [-0.39, 0.29) is 16.5 Å². The van der Waals surface area contributed by atoms with Gasteiger partial charge in [-0.3, -0.25) is 4.79 Å². The number of nitrogen functional groups attached to an aromatic ring is 1. The van der Waals surface area contributed by atoms with Gasteiger partial charge in [0.1, 0.15) is 10.9 Å². The number of para-hydroxylation sites is 1. The SMILES string of the molecule is CNC(=O)C1CCCCN1S(=O)(=O)c1ccccc1N. The van der Waals surface area contributed by atoms with Crippen LogP contribution in [0.15, 0.2) is 29.2 Å². The van der Waals surface area contributed by atoms with Crippen molar-refractivity contribution in [3.8, 4) is 0 Å². The Morgan fingerprint density at radius 2 is 2.05 bits per heavy atom. The second-order valence-electron chi connectivity index (χ2n) is 4.78. The number of amides is 1. The standard InChI is InChI=1S/C13H19N3O3S/c1-15-13(17)11-7-4-5-9-16(11)20(18,19)12-8-3-2-6-10(12)14/h2-3,6,8,11H,4-5,7,9,14H2,1H3,(H,15,17). The number of hydrogen-bond donors (Lipinski definition) is 2. The molecule has 1 saturated heterocycles. The summed E-state index contributed by atoms with van der Waals surface area (Å²) in [4.78, 5) is 12.0. The largest absolute Gasteiger partial charge is 0.398 e. The van der Waals surface area contributed by atoms with Crippen LogP contribution < -0.4 is 11.1 Å². The van der Waals surface area contributed by atoms with E-state index >= 15 is 0 Å². The number of nitrogens with two attached hydrogens (primary N) is 1. The zero-order chi connectivity index (χ0) is 14.8. The highest BCUT2D eigenvalue weighted by atomic mass is 32.2. The fourth-order valence-corrected chi connectivity index (χ4v) is 4.24. The molecule has 6 nitrogen and oxygen atoms in total. The minimum atomic E-state index is -3.75. The summed E-state index contributed by atoms with van der Waals surface area (Å²) in [7, 11) is -2.24. The number of anilines is 1. The molecule has 1 fully saturated rings. The topological polar surface area (TPSA) is 92.5 Å². The van der Waals surface area contributed by atoms with Crippen LogP contribution in [0.5, 0.6) is 0 Å². The summed E-state index contributed by atoms with van der Waals surface area (Å²) in [5.41, 5.74) is 5.96. The highest BCUT2D eigenvalue weighted by Gasteiger charge is 2.37. The van der Waals surface area contributed by atoms with Gasteiger partial charge in [-0.1, -0.05) is 18.6 Å². The second kappa shape index (κ2) is 5.80. The Morgan fingerprint density at radius 1 is 1.35 bits per heavy atom. The van der Waals surface area contributed by atoms with Crippen molar-refractivity contribution in [2.45, 2.75) is 30.2 Å². The maximum Gasteiger partial charge on any atom is 0.245 e. The number of carbonyl (C=O) groups is 1. The van der Waals surface area contributed by atoms with Gasteiger partial charge in [-0.05, 0) is 25.0 Å². The molecule has 1 amide bonds. The Balaban J connectivity index is 2.41. The molecule has 7 heteroatoms. The summed E-state index contributed by atoms with van der Waals surface area (Å²) in [5.74, 6) is -0.275. The van der Waals surface area contributed by atoms with Gasteiger partial charge in [-0.2, -0.15) is 4.31 Å². The molecule has 0 aliphatic carbocycles. The van der Waals surface area contributed by atoms with E-state index in [1.54, 1.807) is 18.2 Å². The molecule has 0 bridgehead atoms. The number of nitrogens with zero attached hydrogens (tertiary/aromatic N) is 1. The second-order valence-corrected chi connectivity index (χ2v) is 6.64. The predicted octanol–water partition coefficient (Wildman–Crippen LogP) is 0.558. The third-order valence-electron chi connectivity index (χ3n) is 3.51. The van der Waals surface area contributed by atoms with Gasteiger partial charge in [0, 0.05) is 13.6 Å².